The summed E-state index contributed by atoms with van der Waals surface area (Å²) >= 11 is 0. The minimum absolute atomic E-state index is 0.190. The molecule has 138 valence electrons. The van der Waals surface area contributed by atoms with Gasteiger partial charge in [0.2, 0.25) is 0 Å². The number of hydrogen-bond acceptors (Lipinski definition) is 2. The Morgan fingerprint density at radius 2 is 1.76 bits per heavy atom. The van der Waals surface area contributed by atoms with Crippen LogP contribution in [0.2, 0.25) is 0 Å². The van der Waals surface area contributed by atoms with Gasteiger partial charge in [-0.1, -0.05) is 33.3 Å². The first-order valence-electron chi connectivity index (χ1n) is 10.4. The summed E-state index contributed by atoms with van der Waals surface area (Å²) in [6.07, 6.45) is 10.1. The van der Waals surface area contributed by atoms with Crippen LogP contribution in [0.15, 0.2) is 11.6 Å². The summed E-state index contributed by atoms with van der Waals surface area (Å²) in [5.74, 6) is 3.18. The molecule has 3 fully saturated rings. The summed E-state index contributed by atoms with van der Waals surface area (Å²) < 4.78 is 0. The first-order valence-corrected chi connectivity index (χ1v) is 10.4. The van der Waals surface area contributed by atoms with Gasteiger partial charge in [0.15, 0.2) is 5.78 Å². The zero-order valence-corrected chi connectivity index (χ0v) is 16.7. The van der Waals surface area contributed by atoms with Gasteiger partial charge >= 0.3 is 0 Å². The van der Waals surface area contributed by atoms with E-state index in [1.54, 1.807) is 0 Å². The van der Waals surface area contributed by atoms with E-state index >= 15 is 0 Å². The van der Waals surface area contributed by atoms with Crippen LogP contribution in [-0.2, 0) is 9.59 Å². The van der Waals surface area contributed by atoms with E-state index in [0.717, 1.165) is 25.2 Å². The third-order valence-corrected chi connectivity index (χ3v) is 9.01. The van der Waals surface area contributed by atoms with Crippen molar-refractivity contribution in [1.82, 2.24) is 0 Å². The smallest absolute Gasteiger partial charge is 0.161 e. The molecular formula is C23H34O2. The van der Waals surface area contributed by atoms with Crippen LogP contribution in [0.5, 0.6) is 0 Å². The van der Waals surface area contributed by atoms with Crippen LogP contribution in [0.25, 0.3) is 0 Å². The van der Waals surface area contributed by atoms with Gasteiger partial charge in [0, 0.05) is 11.3 Å². The monoisotopic (exact) mass is 342 g/mol. The van der Waals surface area contributed by atoms with Crippen molar-refractivity contribution in [2.24, 2.45) is 39.9 Å². The highest BCUT2D eigenvalue weighted by molar-refractivity contribution is 5.96. The van der Waals surface area contributed by atoms with Gasteiger partial charge in [-0.25, -0.2) is 0 Å². The minimum Gasteiger partial charge on any atom is -0.300 e. The fourth-order valence-electron chi connectivity index (χ4n) is 7.84. The van der Waals surface area contributed by atoms with Crippen molar-refractivity contribution in [2.75, 3.05) is 0 Å². The first kappa shape index (κ1) is 17.5. The lowest BCUT2D eigenvalue weighted by atomic mass is 9.45. The molecule has 0 N–H and O–H groups in total. The summed E-state index contributed by atoms with van der Waals surface area (Å²) in [5, 5.41) is 0. The predicted molar refractivity (Wildman–Crippen MR) is 100 cm³/mol. The molecule has 2 heteroatoms. The Hall–Kier alpha value is -0.920. The number of hydrogen-bond donors (Lipinski definition) is 0. The lowest BCUT2D eigenvalue weighted by Crippen LogP contribution is -2.53. The van der Waals surface area contributed by atoms with Crippen molar-refractivity contribution in [3.8, 4) is 0 Å². The largest absolute Gasteiger partial charge is 0.300 e. The Labute approximate surface area is 152 Å². The summed E-state index contributed by atoms with van der Waals surface area (Å²) in [6, 6.07) is 0. The molecular weight excluding hydrogens is 308 g/mol. The molecule has 0 bridgehead atoms. The number of ketones is 2. The van der Waals surface area contributed by atoms with Crippen LogP contribution in [-0.4, -0.2) is 11.6 Å². The van der Waals surface area contributed by atoms with Crippen LogP contribution in [0, 0.1) is 39.9 Å². The summed E-state index contributed by atoms with van der Waals surface area (Å²) in [4.78, 5) is 24.7. The molecule has 0 saturated heterocycles. The molecule has 3 saturated carbocycles. The number of rotatable bonds is 1. The number of allylic oxidation sites excluding steroid dienone is 1. The van der Waals surface area contributed by atoms with Gasteiger partial charge in [0.1, 0.15) is 5.78 Å². The zero-order valence-electron chi connectivity index (χ0n) is 16.7. The summed E-state index contributed by atoms with van der Waals surface area (Å²) in [6.45, 7) is 10.9. The van der Waals surface area contributed by atoms with Gasteiger partial charge in [0.25, 0.3) is 0 Å². The molecule has 0 unspecified atom stereocenters. The molecule has 4 rings (SSSR count). The quantitative estimate of drug-likeness (QED) is 0.643. The average Bonchev–Trinajstić information content (AvgIpc) is 2.86. The van der Waals surface area contributed by atoms with E-state index in [1.165, 1.54) is 31.3 Å². The standard InChI is InChI=1S/C23H34O2/c1-14(24)17-8-9-18-16-7-6-15-12-20(25)21(2,3)13-23(15,5)19(16)10-11-22(17,18)4/h12,16-19H,6-11,13H2,1-5H3/t16-,17+,18-,19-,22+,23-/m0/s1. The predicted octanol–water partition coefficient (Wildman–Crippen LogP) is 5.36. The lowest BCUT2D eigenvalue weighted by Gasteiger charge is -2.59. The Morgan fingerprint density at radius 3 is 2.44 bits per heavy atom. The average molecular weight is 343 g/mol. The minimum atomic E-state index is -0.224. The molecule has 0 spiro atoms. The van der Waals surface area contributed by atoms with Crippen LogP contribution >= 0.6 is 0 Å². The van der Waals surface area contributed by atoms with Crippen molar-refractivity contribution in [3.05, 3.63) is 11.6 Å². The maximum atomic E-state index is 12.5. The summed E-state index contributed by atoms with van der Waals surface area (Å²) in [5.41, 5.74) is 1.63. The molecule has 2 nitrogen and oxygen atoms in total. The fraction of sp³-hybridized carbons (Fsp3) is 0.826. The third kappa shape index (κ3) is 2.28. The van der Waals surface area contributed by atoms with E-state index in [0.29, 0.717) is 23.4 Å². The highest BCUT2D eigenvalue weighted by atomic mass is 16.1. The molecule has 4 aliphatic rings. The number of carbonyl (C=O) groups excluding carboxylic acids is 2. The third-order valence-electron chi connectivity index (χ3n) is 9.01. The molecule has 4 aliphatic carbocycles. The molecule has 0 aromatic heterocycles. The van der Waals surface area contributed by atoms with E-state index in [1.807, 2.05) is 13.0 Å². The van der Waals surface area contributed by atoms with Crippen LogP contribution < -0.4 is 0 Å². The molecule has 0 aromatic carbocycles. The van der Waals surface area contributed by atoms with Gasteiger partial charge < -0.3 is 0 Å². The van der Waals surface area contributed by atoms with E-state index in [4.69, 9.17) is 0 Å². The van der Waals surface area contributed by atoms with Crippen molar-refractivity contribution < 1.29 is 9.59 Å². The van der Waals surface area contributed by atoms with Gasteiger partial charge in [0.05, 0.1) is 0 Å². The molecule has 0 aromatic rings. The Morgan fingerprint density at radius 1 is 1.04 bits per heavy atom. The molecule has 0 aliphatic heterocycles. The van der Waals surface area contributed by atoms with E-state index in [9.17, 15) is 9.59 Å². The second-order valence-electron chi connectivity index (χ2n) is 10.7. The number of Topliss-reactive ketones (excluding diaryl/α,β-unsaturated/α-hetero) is 1. The van der Waals surface area contributed by atoms with Gasteiger partial charge in [-0.15, -0.1) is 0 Å². The second kappa shape index (κ2) is 5.30. The lowest BCUT2D eigenvalue weighted by molar-refractivity contribution is -0.132. The zero-order chi connectivity index (χ0) is 18.2. The topological polar surface area (TPSA) is 34.1 Å². The molecule has 0 amide bonds. The highest BCUT2D eigenvalue weighted by Gasteiger charge is 2.60. The van der Waals surface area contributed by atoms with Crippen molar-refractivity contribution in [3.63, 3.8) is 0 Å². The molecule has 6 atom stereocenters. The van der Waals surface area contributed by atoms with Crippen molar-refractivity contribution in [2.45, 2.75) is 79.6 Å². The van der Waals surface area contributed by atoms with E-state index < -0.39 is 0 Å². The van der Waals surface area contributed by atoms with Crippen molar-refractivity contribution in [1.29, 1.82) is 0 Å². The van der Waals surface area contributed by atoms with Gasteiger partial charge in [-0.05, 0) is 86.5 Å². The fourth-order valence-corrected chi connectivity index (χ4v) is 7.84. The van der Waals surface area contributed by atoms with E-state index in [2.05, 4.69) is 27.7 Å². The summed E-state index contributed by atoms with van der Waals surface area (Å²) in [7, 11) is 0. The van der Waals surface area contributed by atoms with Crippen LogP contribution in [0.3, 0.4) is 0 Å². The van der Waals surface area contributed by atoms with E-state index in [-0.39, 0.29) is 22.2 Å². The second-order valence-corrected chi connectivity index (χ2v) is 10.7. The number of fused-ring (bicyclic) bond motifs is 5. The SMILES string of the molecule is CC(=O)[C@H]1CC[C@H]2[C@@H]3CCC4=CC(=O)C(C)(C)C[C@]4(C)[C@H]3CC[C@]12C. The Kier molecular flexibility index (Phi) is 3.71. The van der Waals surface area contributed by atoms with Gasteiger partial charge in [-0.2, -0.15) is 0 Å². The van der Waals surface area contributed by atoms with Crippen LogP contribution in [0.1, 0.15) is 79.6 Å². The normalized spacial score (nSPS) is 48.2. The molecule has 0 radical (unpaired) electrons. The van der Waals surface area contributed by atoms with Gasteiger partial charge in [-0.3, -0.25) is 9.59 Å². The Balaban J connectivity index is 1.69. The maximum Gasteiger partial charge on any atom is 0.161 e. The molecule has 25 heavy (non-hydrogen) atoms. The van der Waals surface area contributed by atoms with Crippen LogP contribution in [0.4, 0.5) is 0 Å². The highest BCUT2D eigenvalue weighted by Crippen LogP contribution is 2.67. The molecule has 0 heterocycles. The first-order chi connectivity index (χ1) is 11.6. The number of carbonyl (C=O) groups is 2. The Bertz CT molecular complexity index is 657. The van der Waals surface area contributed by atoms with Crippen molar-refractivity contribution >= 4 is 11.6 Å². The maximum absolute atomic E-state index is 12.5.